The highest BCUT2D eigenvalue weighted by molar-refractivity contribution is 7.15. The van der Waals surface area contributed by atoms with Crippen molar-refractivity contribution in [1.29, 1.82) is 0 Å². The molecule has 1 aromatic carbocycles. The SMILES string of the molecule is CC.Cc1cncc(CNC=O)c1.Nc1ncnc2ccc(-c3ccc(CNc4ncccc4Cc4cncc(F)c4)s3)cc12. The molecule has 0 unspecified atom stereocenters. The fraction of sp³-hybridized carbons (Fsp3) is 0.176. The molecule has 0 aliphatic carbocycles. The van der Waals surface area contributed by atoms with Crippen LogP contribution in [0.3, 0.4) is 0 Å². The summed E-state index contributed by atoms with van der Waals surface area (Å²) in [6.07, 6.45) is 10.9. The summed E-state index contributed by atoms with van der Waals surface area (Å²) >= 11 is 1.70. The number of aryl methyl sites for hydroxylation is 1. The molecule has 5 heterocycles. The summed E-state index contributed by atoms with van der Waals surface area (Å²) in [7, 11) is 0. The average molecular weight is 623 g/mol. The van der Waals surface area contributed by atoms with E-state index in [9.17, 15) is 9.18 Å². The van der Waals surface area contributed by atoms with Gasteiger partial charge in [-0.2, -0.15) is 0 Å². The molecule has 4 N–H and O–H groups in total. The summed E-state index contributed by atoms with van der Waals surface area (Å²) in [6.45, 7) is 7.16. The number of rotatable bonds is 9. The lowest BCUT2D eigenvalue weighted by Gasteiger charge is -2.10. The second-order valence-electron chi connectivity index (χ2n) is 9.68. The first-order chi connectivity index (χ1) is 22.0. The van der Waals surface area contributed by atoms with Gasteiger partial charge in [0.1, 0.15) is 23.8 Å². The minimum Gasteiger partial charge on any atom is -0.383 e. The molecule has 0 fully saturated rings. The second kappa shape index (κ2) is 16.5. The third kappa shape index (κ3) is 9.35. The van der Waals surface area contributed by atoms with Crippen LogP contribution in [0.1, 0.15) is 41.0 Å². The maximum atomic E-state index is 13.5. The summed E-state index contributed by atoms with van der Waals surface area (Å²) in [5.74, 6) is 0.919. The Bertz CT molecular complexity index is 1840. The first kappa shape index (κ1) is 32.6. The van der Waals surface area contributed by atoms with E-state index in [-0.39, 0.29) is 5.82 Å². The molecule has 6 aromatic rings. The number of hydrogen-bond donors (Lipinski definition) is 3. The van der Waals surface area contributed by atoms with Gasteiger partial charge in [0, 0.05) is 52.9 Å². The fourth-order valence-electron chi connectivity index (χ4n) is 4.42. The summed E-state index contributed by atoms with van der Waals surface area (Å²) in [5.41, 5.74) is 11.8. The molecular weight excluding hydrogens is 587 g/mol. The molecule has 6 rings (SSSR count). The summed E-state index contributed by atoms with van der Waals surface area (Å²) in [6, 6.07) is 17.6. The average Bonchev–Trinajstić information content (AvgIpc) is 3.54. The molecule has 45 heavy (non-hydrogen) atoms. The number of carbonyl (C=O) groups excluding carboxylic acids is 1. The zero-order chi connectivity index (χ0) is 32.0. The van der Waals surface area contributed by atoms with Gasteiger partial charge in [0.05, 0.1) is 18.3 Å². The molecule has 0 atom stereocenters. The Hall–Kier alpha value is -5.29. The quantitative estimate of drug-likeness (QED) is 0.151. The Balaban J connectivity index is 0.000000299. The van der Waals surface area contributed by atoms with E-state index in [1.54, 1.807) is 36.1 Å². The van der Waals surface area contributed by atoms with Crippen LogP contribution < -0.4 is 16.4 Å². The van der Waals surface area contributed by atoms with Crippen LogP contribution in [-0.4, -0.2) is 31.3 Å². The lowest BCUT2D eigenvalue weighted by Crippen LogP contribution is -2.09. The van der Waals surface area contributed by atoms with Crippen LogP contribution in [0.15, 0.2) is 91.9 Å². The normalized spacial score (nSPS) is 10.2. The van der Waals surface area contributed by atoms with Crippen LogP contribution in [0, 0.1) is 12.7 Å². The molecular formula is C34H35FN8OS. The minimum atomic E-state index is -0.339. The van der Waals surface area contributed by atoms with E-state index < -0.39 is 0 Å². The van der Waals surface area contributed by atoms with E-state index in [1.807, 2.05) is 57.2 Å². The first-order valence-corrected chi connectivity index (χ1v) is 15.2. The highest BCUT2D eigenvalue weighted by atomic mass is 32.1. The predicted molar refractivity (Wildman–Crippen MR) is 179 cm³/mol. The van der Waals surface area contributed by atoms with E-state index in [1.165, 1.54) is 23.5 Å². The molecule has 0 saturated carbocycles. The van der Waals surface area contributed by atoms with Gasteiger partial charge >= 0.3 is 0 Å². The first-order valence-electron chi connectivity index (χ1n) is 14.4. The Morgan fingerprint density at radius 3 is 2.53 bits per heavy atom. The highest BCUT2D eigenvalue weighted by Gasteiger charge is 2.09. The fourth-order valence-corrected chi connectivity index (χ4v) is 5.36. The largest absolute Gasteiger partial charge is 0.383 e. The van der Waals surface area contributed by atoms with Crippen molar-refractivity contribution in [2.45, 2.75) is 40.3 Å². The predicted octanol–water partition coefficient (Wildman–Crippen LogP) is 6.73. The van der Waals surface area contributed by atoms with Crippen molar-refractivity contribution < 1.29 is 9.18 Å². The van der Waals surface area contributed by atoms with Crippen molar-refractivity contribution in [1.82, 2.24) is 30.2 Å². The van der Waals surface area contributed by atoms with Crippen molar-refractivity contribution in [3.05, 3.63) is 125 Å². The molecule has 1 amide bonds. The number of nitrogens with one attached hydrogen (secondary N) is 2. The molecule has 5 aromatic heterocycles. The van der Waals surface area contributed by atoms with Crippen LogP contribution in [-0.2, 0) is 24.3 Å². The summed E-state index contributed by atoms with van der Waals surface area (Å²) in [5, 5.41) is 6.83. The third-order valence-corrected chi connectivity index (χ3v) is 7.55. The number of nitrogens with zero attached hydrogens (tertiary/aromatic N) is 5. The second-order valence-corrected chi connectivity index (χ2v) is 10.8. The maximum absolute atomic E-state index is 13.5. The molecule has 230 valence electrons. The van der Waals surface area contributed by atoms with Gasteiger partial charge in [0.15, 0.2) is 0 Å². The summed E-state index contributed by atoms with van der Waals surface area (Å²) in [4.78, 5) is 33.0. The molecule has 0 aliphatic rings. The van der Waals surface area contributed by atoms with Gasteiger partial charge in [0.25, 0.3) is 0 Å². The Labute approximate surface area is 265 Å². The van der Waals surface area contributed by atoms with Crippen molar-refractivity contribution >= 4 is 40.3 Å². The number of thiophene rings is 1. The smallest absolute Gasteiger partial charge is 0.207 e. The highest BCUT2D eigenvalue weighted by Crippen LogP contribution is 2.31. The van der Waals surface area contributed by atoms with Gasteiger partial charge < -0.3 is 16.4 Å². The monoisotopic (exact) mass is 622 g/mol. The van der Waals surface area contributed by atoms with Crippen molar-refractivity contribution in [3.8, 4) is 10.4 Å². The number of amides is 1. The third-order valence-electron chi connectivity index (χ3n) is 6.41. The molecule has 9 nitrogen and oxygen atoms in total. The lowest BCUT2D eigenvalue weighted by atomic mass is 10.1. The van der Waals surface area contributed by atoms with Crippen LogP contribution in [0.5, 0.6) is 0 Å². The number of nitrogen functional groups attached to an aromatic ring is 1. The number of hydrogen-bond acceptors (Lipinski definition) is 9. The van der Waals surface area contributed by atoms with Crippen molar-refractivity contribution in [2.24, 2.45) is 0 Å². The lowest BCUT2D eigenvalue weighted by molar-refractivity contribution is -0.109. The van der Waals surface area contributed by atoms with Gasteiger partial charge in [-0.3, -0.25) is 14.8 Å². The number of nitrogens with two attached hydrogens (primary N) is 1. The van der Waals surface area contributed by atoms with Gasteiger partial charge in [-0.25, -0.2) is 19.3 Å². The standard InChI is InChI=1S/C24H19FN6S.C8H10N2O.C2H6/c25-18-9-15(11-27-12-18)8-17-2-1-7-28-24(17)29-13-19-4-6-22(32-19)16-3-5-21-20(10-16)23(26)31-14-30-21;1-7-2-8(4-9-3-7)5-10-6-11;1-2/h1-7,9-12,14H,8,13H2,(H,28,29)(H2,26,30,31);2-4,6H,5H2,1H3,(H,10,11);1-2H3. The number of pyridine rings is 3. The van der Waals surface area contributed by atoms with E-state index >= 15 is 0 Å². The number of carbonyl (C=O) groups is 1. The maximum Gasteiger partial charge on any atom is 0.207 e. The molecule has 0 spiro atoms. The van der Waals surface area contributed by atoms with Gasteiger partial charge in [-0.05, 0) is 71.1 Å². The Kier molecular flexibility index (Phi) is 12.0. The van der Waals surface area contributed by atoms with Crippen LogP contribution >= 0.6 is 11.3 Å². The van der Waals surface area contributed by atoms with Crippen LogP contribution in [0.4, 0.5) is 16.0 Å². The van der Waals surface area contributed by atoms with E-state index in [2.05, 4.69) is 47.7 Å². The van der Waals surface area contributed by atoms with Gasteiger partial charge in [-0.15, -0.1) is 11.3 Å². The van der Waals surface area contributed by atoms with E-state index in [0.717, 1.165) is 49.4 Å². The molecule has 0 aliphatic heterocycles. The topological polar surface area (TPSA) is 132 Å². The van der Waals surface area contributed by atoms with E-state index in [4.69, 9.17) is 5.73 Å². The zero-order valence-electron chi connectivity index (χ0n) is 25.4. The number of fused-ring (bicyclic) bond motifs is 1. The Morgan fingerprint density at radius 2 is 1.73 bits per heavy atom. The van der Waals surface area contributed by atoms with Crippen LogP contribution in [0.25, 0.3) is 21.3 Å². The minimum absolute atomic E-state index is 0.339. The number of benzene rings is 1. The van der Waals surface area contributed by atoms with Crippen molar-refractivity contribution in [3.63, 3.8) is 0 Å². The molecule has 11 heteroatoms. The van der Waals surface area contributed by atoms with Gasteiger partial charge in [-0.1, -0.05) is 32.0 Å². The zero-order valence-corrected chi connectivity index (χ0v) is 26.2. The van der Waals surface area contributed by atoms with Gasteiger partial charge in [0.2, 0.25) is 6.41 Å². The number of aromatic nitrogens is 5. The molecule has 0 radical (unpaired) electrons. The van der Waals surface area contributed by atoms with E-state index in [0.29, 0.717) is 31.7 Å². The molecule has 0 bridgehead atoms. The molecule has 0 saturated heterocycles. The van der Waals surface area contributed by atoms with Crippen molar-refractivity contribution in [2.75, 3.05) is 11.1 Å². The van der Waals surface area contributed by atoms with Crippen LogP contribution in [0.2, 0.25) is 0 Å². The Morgan fingerprint density at radius 1 is 0.911 bits per heavy atom. The number of anilines is 2. The number of halogens is 1. The summed E-state index contributed by atoms with van der Waals surface area (Å²) < 4.78 is 13.5.